The molecular formula is C30H45N5O6. The van der Waals surface area contributed by atoms with Gasteiger partial charge in [-0.3, -0.25) is 14.4 Å². The van der Waals surface area contributed by atoms with Crippen LogP contribution in [-0.2, 0) is 19.1 Å². The number of urea groups is 1. The van der Waals surface area contributed by atoms with E-state index in [0.29, 0.717) is 50.4 Å². The van der Waals surface area contributed by atoms with Crippen LogP contribution in [0.15, 0.2) is 35.5 Å². The summed E-state index contributed by atoms with van der Waals surface area (Å²) in [6.45, 7) is 3.60. The van der Waals surface area contributed by atoms with E-state index in [1.54, 1.807) is 31.2 Å². The molecule has 0 aromatic heterocycles. The fourth-order valence-electron chi connectivity index (χ4n) is 4.41. The maximum absolute atomic E-state index is 12.9. The first-order chi connectivity index (χ1) is 19.8. The molecule has 0 heterocycles. The van der Waals surface area contributed by atoms with Gasteiger partial charge in [-0.15, -0.1) is 0 Å². The van der Waals surface area contributed by atoms with E-state index in [2.05, 4.69) is 26.6 Å². The number of ether oxygens (including phenoxy) is 1. The van der Waals surface area contributed by atoms with Gasteiger partial charge in [-0.05, 0) is 76.1 Å². The SMILES string of the molecule is CNC1=C(C(=O)c2ccc(NC(=O)CC(=O)NCCOCCCNC(=O)NCCCCCC(C)=O)cc2)CCCC1. The molecule has 2 rings (SSSR count). The zero-order valence-corrected chi connectivity index (χ0v) is 24.4. The lowest BCUT2D eigenvalue weighted by molar-refractivity contribution is -0.127. The normalized spacial score (nSPS) is 12.8. The Morgan fingerprint density at radius 1 is 0.780 bits per heavy atom. The van der Waals surface area contributed by atoms with Gasteiger partial charge >= 0.3 is 6.03 Å². The van der Waals surface area contributed by atoms with Gasteiger partial charge in [-0.1, -0.05) is 6.42 Å². The first-order valence-corrected chi connectivity index (χ1v) is 14.5. The van der Waals surface area contributed by atoms with Crippen LogP contribution >= 0.6 is 0 Å². The fraction of sp³-hybridized carbons (Fsp3) is 0.567. The van der Waals surface area contributed by atoms with Gasteiger partial charge < -0.3 is 36.1 Å². The number of allylic oxidation sites excluding steroid dienone is 2. The monoisotopic (exact) mass is 571 g/mol. The number of carbonyl (C=O) groups excluding carboxylic acids is 5. The predicted octanol–water partition coefficient (Wildman–Crippen LogP) is 3.22. The van der Waals surface area contributed by atoms with E-state index in [-0.39, 0.29) is 30.6 Å². The molecule has 1 aliphatic rings. The second-order valence-electron chi connectivity index (χ2n) is 10.1. The van der Waals surface area contributed by atoms with Gasteiger partial charge in [0.05, 0.1) is 6.61 Å². The number of unbranched alkanes of at least 4 members (excludes halogenated alkanes) is 2. The number of amides is 4. The highest BCUT2D eigenvalue weighted by molar-refractivity contribution is 6.09. The number of rotatable bonds is 19. The van der Waals surface area contributed by atoms with Crippen molar-refractivity contribution in [3.8, 4) is 0 Å². The van der Waals surface area contributed by atoms with Gasteiger partial charge in [0.2, 0.25) is 11.8 Å². The molecule has 41 heavy (non-hydrogen) atoms. The maximum Gasteiger partial charge on any atom is 0.314 e. The molecule has 0 aliphatic heterocycles. The zero-order chi connectivity index (χ0) is 29.9. The van der Waals surface area contributed by atoms with Gasteiger partial charge in [-0.25, -0.2) is 4.79 Å². The van der Waals surface area contributed by atoms with E-state index in [0.717, 1.165) is 56.2 Å². The molecule has 4 amide bonds. The highest BCUT2D eigenvalue weighted by atomic mass is 16.5. The van der Waals surface area contributed by atoms with Crippen molar-refractivity contribution in [3.63, 3.8) is 0 Å². The Morgan fingerprint density at radius 2 is 1.49 bits per heavy atom. The van der Waals surface area contributed by atoms with Crippen LogP contribution in [-0.4, -0.2) is 69.3 Å². The molecule has 5 N–H and O–H groups in total. The summed E-state index contributed by atoms with van der Waals surface area (Å²) in [5.41, 5.74) is 2.90. The Bertz CT molecular complexity index is 1050. The van der Waals surface area contributed by atoms with Crippen LogP contribution in [0.25, 0.3) is 0 Å². The van der Waals surface area contributed by atoms with Crippen molar-refractivity contribution in [3.05, 3.63) is 41.1 Å². The summed E-state index contributed by atoms with van der Waals surface area (Å²) in [5, 5.41) is 14.0. The molecule has 11 nitrogen and oxygen atoms in total. The van der Waals surface area contributed by atoms with Crippen molar-refractivity contribution in [2.24, 2.45) is 0 Å². The second kappa shape index (κ2) is 19.4. The number of hydrogen-bond donors (Lipinski definition) is 5. The molecule has 226 valence electrons. The minimum atomic E-state index is -0.449. The van der Waals surface area contributed by atoms with Gasteiger partial charge in [-0.2, -0.15) is 0 Å². The Balaban J connectivity index is 1.52. The first kappa shape index (κ1) is 33.5. The highest BCUT2D eigenvalue weighted by Gasteiger charge is 2.20. The molecule has 1 aromatic rings. The molecule has 1 aliphatic carbocycles. The largest absolute Gasteiger partial charge is 0.391 e. The lowest BCUT2D eigenvalue weighted by Crippen LogP contribution is -2.36. The third-order valence-corrected chi connectivity index (χ3v) is 6.61. The number of anilines is 1. The maximum atomic E-state index is 12.9. The molecule has 0 unspecified atom stereocenters. The molecule has 11 heteroatoms. The summed E-state index contributed by atoms with van der Waals surface area (Å²) in [7, 11) is 1.84. The molecule has 0 spiro atoms. The molecule has 0 atom stereocenters. The van der Waals surface area contributed by atoms with Crippen molar-refractivity contribution >= 4 is 35.1 Å². The minimum Gasteiger partial charge on any atom is -0.391 e. The van der Waals surface area contributed by atoms with Crippen molar-refractivity contribution in [2.75, 3.05) is 45.2 Å². The summed E-state index contributed by atoms with van der Waals surface area (Å²) in [4.78, 5) is 59.7. The lowest BCUT2D eigenvalue weighted by atomic mass is 9.90. The number of hydrogen-bond acceptors (Lipinski definition) is 7. The van der Waals surface area contributed by atoms with Crippen LogP contribution in [0.3, 0.4) is 0 Å². The van der Waals surface area contributed by atoms with E-state index in [9.17, 15) is 24.0 Å². The third kappa shape index (κ3) is 13.9. The Labute approximate surface area is 242 Å². The van der Waals surface area contributed by atoms with Gasteiger partial charge in [0.25, 0.3) is 0 Å². The summed E-state index contributed by atoms with van der Waals surface area (Å²) in [6.07, 6.45) is 7.19. The molecule has 0 saturated heterocycles. The summed E-state index contributed by atoms with van der Waals surface area (Å²) < 4.78 is 5.45. The minimum absolute atomic E-state index is 0.0000257. The Morgan fingerprint density at radius 3 is 2.20 bits per heavy atom. The van der Waals surface area contributed by atoms with Gasteiger partial charge in [0.1, 0.15) is 12.2 Å². The van der Waals surface area contributed by atoms with Crippen molar-refractivity contribution in [1.82, 2.24) is 21.3 Å². The molecular weight excluding hydrogens is 526 g/mol. The summed E-state index contributed by atoms with van der Waals surface area (Å²) in [5.74, 6) is -0.676. The lowest BCUT2D eigenvalue weighted by Gasteiger charge is -2.19. The summed E-state index contributed by atoms with van der Waals surface area (Å²) >= 11 is 0. The zero-order valence-electron chi connectivity index (χ0n) is 24.4. The summed E-state index contributed by atoms with van der Waals surface area (Å²) in [6, 6.07) is 6.47. The molecule has 0 fully saturated rings. The van der Waals surface area contributed by atoms with E-state index in [1.807, 2.05) is 7.05 Å². The highest BCUT2D eigenvalue weighted by Crippen LogP contribution is 2.26. The number of carbonyl (C=O) groups is 5. The van der Waals surface area contributed by atoms with E-state index in [4.69, 9.17) is 4.74 Å². The number of benzene rings is 1. The topological polar surface area (TPSA) is 155 Å². The van der Waals surface area contributed by atoms with Crippen molar-refractivity contribution in [1.29, 1.82) is 0 Å². The number of nitrogens with one attached hydrogen (secondary N) is 5. The number of Topliss-reactive ketones (excluding diaryl/α,β-unsaturated/α-hetero) is 2. The first-order valence-electron chi connectivity index (χ1n) is 14.5. The van der Waals surface area contributed by atoms with E-state index >= 15 is 0 Å². The molecule has 1 aromatic carbocycles. The van der Waals surface area contributed by atoms with Gasteiger partial charge in [0, 0.05) is 62.2 Å². The van der Waals surface area contributed by atoms with Crippen LogP contribution in [0.2, 0.25) is 0 Å². The third-order valence-electron chi connectivity index (χ3n) is 6.61. The Hall–Kier alpha value is -3.73. The molecule has 0 saturated carbocycles. The standard InChI is InChI=1S/C30H45N5O6/c1-22(36)9-4-3-7-16-33-30(40)34-17-8-19-41-20-18-32-27(37)21-28(38)35-24-14-12-23(13-15-24)29(39)25-10-5-6-11-26(25)31-2/h12-15,31H,3-11,16-21H2,1-2H3,(H,32,37)(H,35,38)(H2,33,34,40). The van der Waals surface area contributed by atoms with Crippen LogP contribution < -0.4 is 26.6 Å². The van der Waals surface area contributed by atoms with Crippen LogP contribution in [0.4, 0.5) is 10.5 Å². The average molecular weight is 572 g/mol. The molecule has 0 bridgehead atoms. The predicted molar refractivity (Wildman–Crippen MR) is 158 cm³/mol. The smallest absolute Gasteiger partial charge is 0.314 e. The average Bonchev–Trinajstić information content (AvgIpc) is 2.96. The molecule has 0 radical (unpaired) electrons. The van der Waals surface area contributed by atoms with E-state index < -0.39 is 11.8 Å². The number of ketones is 2. The van der Waals surface area contributed by atoms with Crippen molar-refractivity contribution in [2.45, 2.75) is 71.1 Å². The second-order valence-corrected chi connectivity index (χ2v) is 10.1. The van der Waals surface area contributed by atoms with Gasteiger partial charge in [0.15, 0.2) is 5.78 Å². The van der Waals surface area contributed by atoms with E-state index in [1.165, 1.54) is 0 Å². The fourth-order valence-corrected chi connectivity index (χ4v) is 4.41. The van der Waals surface area contributed by atoms with Crippen LogP contribution in [0, 0.1) is 0 Å². The quantitative estimate of drug-likeness (QED) is 0.0970. The van der Waals surface area contributed by atoms with Crippen LogP contribution in [0.1, 0.15) is 81.5 Å². The van der Waals surface area contributed by atoms with Crippen molar-refractivity contribution < 1.29 is 28.7 Å². The Kier molecular flexibility index (Phi) is 15.8. The van der Waals surface area contributed by atoms with Crippen LogP contribution in [0.5, 0.6) is 0 Å².